The predicted octanol–water partition coefficient (Wildman–Crippen LogP) is 4.25. The van der Waals surface area contributed by atoms with E-state index < -0.39 is 6.10 Å². The Labute approximate surface area is 142 Å². The summed E-state index contributed by atoms with van der Waals surface area (Å²) in [6, 6.07) is 0. The molecule has 1 rings (SSSR count). The zero-order valence-corrected chi connectivity index (χ0v) is 15.5. The molecular formula is C17H27IO3. The topological polar surface area (TPSA) is 46.5 Å². The molecule has 4 atom stereocenters. The van der Waals surface area contributed by atoms with Gasteiger partial charge in [-0.1, -0.05) is 61.9 Å². The number of esters is 1. The van der Waals surface area contributed by atoms with Crippen molar-refractivity contribution < 1.29 is 14.6 Å². The van der Waals surface area contributed by atoms with Crippen molar-refractivity contribution >= 4 is 28.6 Å². The Kier molecular flexibility index (Phi) is 7.95. The van der Waals surface area contributed by atoms with Gasteiger partial charge in [-0.2, -0.15) is 0 Å². The van der Waals surface area contributed by atoms with Crippen molar-refractivity contribution in [2.24, 2.45) is 17.8 Å². The normalized spacial score (nSPS) is 28.9. The number of hydrogen-bond donors (Lipinski definition) is 1. The molecule has 0 amide bonds. The molecule has 0 aromatic carbocycles. The first-order chi connectivity index (χ1) is 9.90. The number of hydrogen-bond acceptors (Lipinski definition) is 3. The summed E-state index contributed by atoms with van der Waals surface area (Å²) < 4.78 is 7.36. The van der Waals surface area contributed by atoms with Gasteiger partial charge in [0, 0.05) is 0 Å². The van der Waals surface area contributed by atoms with Gasteiger partial charge in [-0.05, 0) is 41.6 Å². The molecule has 0 spiro atoms. The van der Waals surface area contributed by atoms with Crippen LogP contribution in [0.2, 0.25) is 0 Å². The summed E-state index contributed by atoms with van der Waals surface area (Å²) in [6.07, 6.45) is 5.63. The third-order valence-corrected chi connectivity index (χ3v) is 4.94. The van der Waals surface area contributed by atoms with Crippen molar-refractivity contribution in [2.75, 3.05) is 0 Å². The van der Waals surface area contributed by atoms with E-state index in [0.717, 1.165) is 12.8 Å². The SMILES string of the molecule is C/C=C/[C@@H](O)/C(=C/I)C(=O)O[C@@H]1C[C@H](C)CC[C@H]1C(C)C. The Bertz CT molecular complexity index is 401. The molecule has 0 saturated heterocycles. The van der Waals surface area contributed by atoms with Gasteiger partial charge in [0.1, 0.15) is 12.2 Å². The molecule has 1 fully saturated rings. The highest BCUT2D eigenvalue weighted by molar-refractivity contribution is 14.1. The molecule has 0 radical (unpaired) electrons. The molecule has 1 saturated carbocycles. The molecule has 0 unspecified atom stereocenters. The minimum absolute atomic E-state index is 0.0367. The number of halogens is 1. The van der Waals surface area contributed by atoms with Crippen LogP contribution in [0, 0.1) is 17.8 Å². The zero-order valence-electron chi connectivity index (χ0n) is 13.4. The average molecular weight is 406 g/mol. The molecule has 21 heavy (non-hydrogen) atoms. The van der Waals surface area contributed by atoms with Gasteiger partial charge < -0.3 is 9.84 Å². The maximum atomic E-state index is 12.3. The highest BCUT2D eigenvalue weighted by Gasteiger charge is 2.34. The lowest BCUT2D eigenvalue weighted by Gasteiger charge is -2.36. The van der Waals surface area contributed by atoms with E-state index >= 15 is 0 Å². The fraction of sp³-hybridized carbons (Fsp3) is 0.706. The fourth-order valence-corrected chi connectivity index (χ4v) is 3.59. The second-order valence-electron chi connectivity index (χ2n) is 6.30. The van der Waals surface area contributed by atoms with Crippen molar-refractivity contribution in [1.29, 1.82) is 0 Å². The number of rotatable bonds is 5. The average Bonchev–Trinajstić information content (AvgIpc) is 2.39. The third kappa shape index (κ3) is 5.40. The van der Waals surface area contributed by atoms with E-state index in [1.54, 1.807) is 16.2 Å². The molecule has 120 valence electrons. The second-order valence-corrected chi connectivity index (χ2v) is 6.93. The van der Waals surface area contributed by atoms with Crippen molar-refractivity contribution in [1.82, 2.24) is 0 Å². The number of aliphatic hydroxyl groups is 1. The smallest absolute Gasteiger partial charge is 0.337 e. The van der Waals surface area contributed by atoms with Crippen LogP contribution in [0.3, 0.4) is 0 Å². The summed E-state index contributed by atoms with van der Waals surface area (Å²) in [5, 5.41) is 9.98. The van der Waals surface area contributed by atoms with E-state index in [-0.39, 0.29) is 12.1 Å². The van der Waals surface area contributed by atoms with E-state index in [2.05, 4.69) is 20.8 Å². The first kappa shape index (κ1) is 18.7. The minimum Gasteiger partial charge on any atom is -0.459 e. The van der Waals surface area contributed by atoms with E-state index in [1.165, 1.54) is 6.42 Å². The molecule has 0 heterocycles. The van der Waals surface area contributed by atoms with Crippen LogP contribution < -0.4 is 0 Å². The van der Waals surface area contributed by atoms with Crippen LogP contribution in [-0.4, -0.2) is 23.3 Å². The van der Waals surface area contributed by atoms with E-state index in [4.69, 9.17) is 4.74 Å². The van der Waals surface area contributed by atoms with Gasteiger partial charge in [0.25, 0.3) is 0 Å². The summed E-state index contributed by atoms with van der Waals surface area (Å²) in [5.74, 6) is 1.12. The van der Waals surface area contributed by atoms with E-state index in [9.17, 15) is 9.90 Å². The molecule has 0 aromatic rings. The summed E-state index contributed by atoms with van der Waals surface area (Å²) in [7, 11) is 0. The summed E-state index contributed by atoms with van der Waals surface area (Å²) in [5.41, 5.74) is 0.314. The highest BCUT2D eigenvalue weighted by atomic mass is 127. The van der Waals surface area contributed by atoms with Gasteiger partial charge in [0.2, 0.25) is 0 Å². The number of ether oxygens (including phenoxy) is 1. The molecule has 1 N–H and O–H groups in total. The van der Waals surface area contributed by atoms with Crippen molar-refractivity contribution in [3.8, 4) is 0 Å². The fourth-order valence-electron chi connectivity index (χ4n) is 2.97. The quantitative estimate of drug-likeness (QED) is 0.322. The molecular weight excluding hydrogens is 379 g/mol. The maximum absolute atomic E-state index is 12.3. The molecule has 1 aliphatic rings. The standard InChI is InChI=1S/C17H27IO3/c1-5-6-15(19)14(10-18)17(20)21-16-9-12(4)7-8-13(16)11(2)3/h5-6,10-13,15-16,19H,7-9H2,1-4H3/b6-5+,14-10-/t12-,13+,15-,16-/m1/s1. The number of aliphatic hydroxyl groups excluding tert-OH is 1. The Balaban J connectivity index is 2.78. The number of carbonyl (C=O) groups excluding carboxylic acids is 1. The lowest BCUT2D eigenvalue weighted by Crippen LogP contribution is -2.37. The third-order valence-electron chi connectivity index (χ3n) is 4.27. The van der Waals surface area contributed by atoms with Crippen LogP contribution in [0.4, 0.5) is 0 Å². The first-order valence-corrected chi connectivity index (χ1v) is 8.97. The monoisotopic (exact) mass is 406 g/mol. The zero-order chi connectivity index (χ0) is 16.0. The Morgan fingerprint density at radius 3 is 2.57 bits per heavy atom. The number of carbonyl (C=O) groups is 1. The lowest BCUT2D eigenvalue weighted by atomic mass is 9.75. The van der Waals surface area contributed by atoms with E-state index in [1.807, 2.05) is 29.5 Å². The molecule has 3 nitrogen and oxygen atoms in total. The van der Waals surface area contributed by atoms with Gasteiger partial charge in [-0.15, -0.1) is 0 Å². The van der Waals surface area contributed by atoms with Crippen molar-refractivity contribution in [3.05, 3.63) is 21.8 Å². The van der Waals surface area contributed by atoms with E-state index in [0.29, 0.717) is 23.3 Å². The lowest BCUT2D eigenvalue weighted by molar-refractivity contribution is -0.151. The molecule has 0 aliphatic heterocycles. The summed E-state index contributed by atoms with van der Waals surface area (Å²) in [6.45, 7) is 8.40. The van der Waals surface area contributed by atoms with Gasteiger partial charge in [-0.3, -0.25) is 0 Å². The van der Waals surface area contributed by atoms with Crippen LogP contribution in [0.25, 0.3) is 0 Å². The molecule has 1 aliphatic carbocycles. The van der Waals surface area contributed by atoms with Crippen LogP contribution in [-0.2, 0) is 9.53 Å². The van der Waals surface area contributed by atoms with Gasteiger partial charge >= 0.3 is 5.97 Å². The Morgan fingerprint density at radius 1 is 1.38 bits per heavy atom. The largest absolute Gasteiger partial charge is 0.459 e. The summed E-state index contributed by atoms with van der Waals surface area (Å²) >= 11 is 1.98. The Morgan fingerprint density at radius 2 is 2.05 bits per heavy atom. The van der Waals surface area contributed by atoms with Crippen LogP contribution in [0.5, 0.6) is 0 Å². The van der Waals surface area contributed by atoms with Gasteiger partial charge in [0.15, 0.2) is 0 Å². The summed E-state index contributed by atoms with van der Waals surface area (Å²) in [4.78, 5) is 12.3. The minimum atomic E-state index is -0.891. The van der Waals surface area contributed by atoms with Crippen LogP contribution in [0.1, 0.15) is 47.0 Å². The van der Waals surface area contributed by atoms with Crippen molar-refractivity contribution in [3.63, 3.8) is 0 Å². The van der Waals surface area contributed by atoms with Crippen molar-refractivity contribution in [2.45, 2.75) is 59.2 Å². The highest BCUT2D eigenvalue weighted by Crippen LogP contribution is 2.35. The van der Waals surface area contributed by atoms with Crippen LogP contribution in [0.15, 0.2) is 21.8 Å². The predicted molar refractivity (Wildman–Crippen MR) is 94.1 cm³/mol. The van der Waals surface area contributed by atoms with Gasteiger partial charge in [-0.25, -0.2) is 4.79 Å². The number of allylic oxidation sites excluding steroid dienone is 1. The van der Waals surface area contributed by atoms with Crippen LogP contribution >= 0.6 is 22.6 Å². The Hall–Kier alpha value is -0.360. The second kappa shape index (κ2) is 8.93. The molecule has 0 bridgehead atoms. The van der Waals surface area contributed by atoms with Gasteiger partial charge in [0.05, 0.1) is 5.57 Å². The first-order valence-electron chi connectivity index (χ1n) is 7.72. The molecule has 4 heteroatoms. The maximum Gasteiger partial charge on any atom is 0.337 e. The molecule has 0 aromatic heterocycles.